The lowest BCUT2D eigenvalue weighted by Gasteiger charge is -2.27. The summed E-state index contributed by atoms with van der Waals surface area (Å²) in [7, 11) is 0. The highest BCUT2D eigenvalue weighted by Crippen LogP contribution is 2.36. The molecule has 1 aromatic heterocycles. The normalized spacial score (nSPS) is 17.6. The van der Waals surface area contributed by atoms with Gasteiger partial charge in [-0.1, -0.05) is 30.3 Å². The smallest absolute Gasteiger partial charge is 0.406 e. The molecule has 2 aromatic carbocycles. The number of carbonyl (C=O) groups is 4. The number of ketones is 1. The van der Waals surface area contributed by atoms with Crippen molar-refractivity contribution in [3.05, 3.63) is 89.5 Å². The highest BCUT2D eigenvalue weighted by atomic mass is 19.4. The second kappa shape index (κ2) is 11.2. The Labute approximate surface area is 236 Å². The van der Waals surface area contributed by atoms with Gasteiger partial charge < -0.3 is 20.3 Å². The number of anilines is 1. The summed E-state index contributed by atoms with van der Waals surface area (Å²) in [5.74, 6) is -3.38. The first kappa shape index (κ1) is 28.7. The van der Waals surface area contributed by atoms with E-state index >= 15 is 0 Å². The molecule has 1 fully saturated rings. The lowest BCUT2D eigenvalue weighted by molar-refractivity contribution is -0.274. The van der Waals surface area contributed by atoms with E-state index in [1.54, 1.807) is 24.3 Å². The first-order valence-corrected chi connectivity index (χ1v) is 12.9. The summed E-state index contributed by atoms with van der Waals surface area (Å²) in [4.78, 5) is 57.7. The molecule has 2 N–H and O–H groups in total. The van der Waals surface area contributed by atoms with E-state index in [1.165, 1.54) is 29.2 Å². The largest absolute Gasteiger partial charge is 0.573 e. The van der Waals surface area contributed by atoms with E-state index < -0.39 is 53.1 Å². The molecule has 0 spiro atoms. The molecule has 5 rings (SSSR count). The molecule has 218 valence electrons. The van der Waals surface area contributed by atoms with Crippen molar-refractivity contribution >= 4 is 29.2 Å². The van der Waals surface area contributed by atoms with Crippen LogP contribution in [0.3, 0.4) is 0 Å². The Morgan fingerprint density at radius 3 is 2.38 bits per heavy atom. The molecule has 3 aromatic rings. The number of carbonyl (C=O) groups excluding carboxylic acids is 4. The molecule has 1 atom stereocenters. The molecule has 0 bridgehead atoms. The van der Waals surface area contributed by atoms with Gasteiger partial charge in [-0.3, -0.25) is 19.2 Å². The zero-order chi connectivity index (χ0) is 30.1. The number of amides is 3. The van der Waals surface area contributed by atoms with Gasteiger partial charge in [-0.05, 0) is 54.8 Å². The van der Waals surface area contributed by atoms with Crippen molar-refractivity contribution in [3.8, 4) is 5.75 Å². The second-order valence-corrected chi connectivity index (χ2v) is 10.0. The van der Waals surface area contributed by atoms with Crippen LogP contribution in [0.4, 0.5) is 23.2 Å². The summed E-state index contributed by atoms with van der Waals surface area (Å²) < 4.78 is 54.9. The molecule has 1 saturated carbocycles. The zero-order valence-corrected chi connectivity index (χ0v) is 21.9. The molecule has 1 aliphatic heterocycles. The quantitative estimate of drug-likeness (QED) is 0.309. The number of hydrogen-bond donors (Lipinski definition) is 2. The van der Waals surface area contributed by atoms with Crippen molar-refractivity contribution in [2.45, 2.75) is 50.2 Å². The zero-order valence-electron chi connectivity index (χ0n) is 21.9. The molecular formula is C29H24F4N4O5. The minimum Gasteiger partial charge on any atom is -0.406 e. The van der Waals surface area contributed by atoms with Gasteiger partial charge in [0.1, 0.15) is 17.3 Å². The number of rotatable bonds is 8. The van der Waals surface area contributed by atoms with Gasteiger partial charge in [-0.2, -0.15) is 4.39 Å². The van der Waals surface area contributed by atoms with Crippen LogP contribution in [0.1, 0.15) is 40.9 Å². The fraction of sp³-hybridized carbons (Fsp3) is 0.276. The molecule has 13 heteroatoms. The number of hydrogen-bond acceptors (Lipinski definition) is 6. The Balaban J connectivity index is 1.32. The average Bonchev–Trinajstić information content (AvgIpc) is 3.72. The van der Waals surface area contributed by atoms with Gasteiger partial charge in [0.2, 0.25) is 23.7 Å². The van der Waals surface area contributed by atoms with Crippen LogP contribution in [0.5, 0.6) is 5.75 Å². The lowest BCUT2D eigenvalue weighted by Crippen LogP contribution is -2.55. The number of nitrogens with one attached hydrogen (secondary N) is 2. The van der Waals surface area contributed by atoms with Gasteiger partial charge in [0.15, 0.2) is 5.78 Å². The van der Waals surface area contributed by atoms with Crippen molar-refractivity contribution < 1.29 is 41.5 Å². The molecule has 0 radical (unpaired) electrons. The minimum absolute atomic E-state index is 0.107. The Morgan fingerprint density at radius 1 is 1.00 bits per heavy atom. The highest BCUT2D eigenvalue weighted by molar-refractivity contribution is 6.13. The van der Waals surface area contributed by atoms with Crippen LogP contribution in [0.15, 0.2) is 66.7 Å². The number of alkyl halides is 3. The molecular weight excluding hydrogens is 560 g/mol. The van der Waals surface area contributed by atoms with Crippen LogP contribution in [0.2, 0.25) is 0 Å². The van der Waals surface area contributed by atoms with Gasteiger partial charge >= 0.3 is 6.36 Å². The monoisotopic (exact) mass is 584 g/mol. The number of Topliss-reactive ketones (excluding diaryl/α,β-unsaturated/α-hetero) is 1. The summed E-state index contributed by atoms with van der Waals surface area (Å²) in [5, 5.41) is 5.26. The van der Waals surface area contributed by atoms with Crippen LogP contribution in [0, 0.1) is 5.95 Å². The SMILES string of the molecule is O=C(Cc1cccc(F)n1)NC1(C(=O)N[C@@H]2CC(=O)c3ccccc3N(Cc3ccc(OC(F)(F)F)cc3)C2=O)CC1. The average molecular weight is 585 g/mol. The Kier molecular flexibility index (Phi) is 7.67. The molecule has 3 amide bonds. The predicted octanol–water partition coefficient (Wildman–Crippen LogP) is 3.62. The topological polar surface area (TPSA) is 118 Å². The molecule has 9 nitrogen and oxygen atoms in total. The number of benzene rings is 2. The van der Waals surface area contributed by atoms with E-state index in [2.05, 4.69) is 20.4 Å². The van der Waals surface area contributed by atoms with Crippen molar-refractivity contribution in [2.24, 2.45) is 0 Å². The predicted molar refractivity (Wildman–Crippen MR) is 140 cm³/mol. The summed E-state index contributed by atoms with van der Waals surface area (Å²) >= 11 is 0. The number of ether oxygens (including phenoxy) is 1. The third-order valence-corrected chi connectivity index (χ3v) is 6.93. The maximum atomic E-state index is 13.7. The summed E-state index contributed by atoms with van der Waals surface area (Å²) in [6, 6.07) is 14.1. The first-order chi connectivity index (χ1) is 19.9. The van der Waals surface area contributed by atoms with Gasteiger partial charge in [-0.25, -0.2) is 4.98 Å². The van der Waals surface area contributed by atoms with E-state index in [1.807, 2.05) is 0 Å². The summed E-state index contributed by atoms with van der Waals surface area (Å²) in [5.41, 5.74) is -0.122. The Bertz CT molecular complexity index is 1540. The van der Waals surface area contributed by atoms with Crippen LogP contribution in [-0.2, 0) is 27.3 Å². The molecule has 2 heterocycles. The summed E-state index contributed by atoms with van der Waals surface area (Å²) in [6.07, 6.45) is -4.86. The maximum Gasteiger partial charge on any atom is 0.573 e. The Hall–Kier alpha value is -4.81. The second-order valence-electron chi connectivity index (χ2n) is 10.0. The van der Waals surface area contributed by atoms with Crippen molar-refractivity contribution in [1.82, 2.24) is 15.6 Å². The number of pyridine rings is 1. The molecule has 2 aliphatic rings. The van der Waals surface area contributed by atoms with Crippen molar-refractivity contribution in [3.63, 3.8) is 0 Å². The summed E-state index contributed by atoms with van der Waals surface area (Å²) in [6.45, 7) is -0.107. The molecule has 1 aliphatic carbocycles. The third-order valence-electron chi connectivity index (χ3n) is 6.93. The minimum atomic E-state index is -4.86. The molecule has 0 saturated heterocycles. The number of halogens is 4. The van der Waals surface area contributed by atoms with E-state index in [4.69, 9.17) is 0 Å². The fourth-order valence-corrected chi connectivity index (χ4v) is 4.74. The van der Waals surface area contributed by atoms with Crippen LogP contribution in [-0.4, -0.2) is 46.4 Å². The van der Waals surface area contributed by atoms with Gasteiger partial charge in [0.25, 0.3) is 0 Å². The van der Waals surface area contributed by atoms with Crippen molar-refractivity contribution in [1.29, 1.82) is 0 Å². The maximum absolute atomic E-state index is 13.7. The van der Waals surface area contributed by atoms with E-state index in [0.29, 0.717) is 18.4 Å². The van der Waals surface area contributed by atoms with Crippen LogP contribution < -0.4 is 20.3 Å². The van der Waals surface area contributed by atoms with Crippen molar-refractivity contribution in [2.75, 3.05) is 4.90 Å². The van der Waals surface area contributed by atoms with E-state index in [9.17, 15) is 36.7 Å². The lowest BCUT2D eigenvalue weighted by atomic mass is 10.0. The first-order valence-electron chi connectivity index (χ1n) is 12.9. The number of para-hydroxylation sites is 1. The number of nitrogens with zero attached hydrogens (tertiary/aromatic N) is 2. The van der Waals surface area contributed by atoms with Gasteiger partial charge in [0.05, 0.1) is 24.3 Å². The highest BCUT2D eigenvalue weighted by Gasteiger charge is 2.52. The molecule has 42 heavy (non-hydrogen) atoms. The van der Waals surface area contributed by atoms with E-state index in [0.717, 1.165) is 18.2 Å². The van der Waals surface area contributed by atoms with Gasteiger partial charge in [0, 0.05) is 12.0 Å². The third kappa shape index (κ3) is 6.56. The van der Waals surface area contributed by atoms with Gasteiger partial charge in [-0.15, -0.1) is 13.2 Å². The number of aromatic nitrogens is 1. The number of fused-ring (bicyclic) bond motifs is 1. The van der Waals surface area contributed by atoms with Crippen LogP contribution in [0.25, 0.3) is 0 Å². The fourth-order valence-electron chi connectivity index (χ4n) is 4.74. The Morgan fingerprint density at radius 2 is 1.71 bits per heavy atom. The molecule has 0 unspecified atom stereocenters. The van der Waals surface area contributed by atoms with Crippen LogP contribution >= 0.6 is 0 Å². The van der Waals surface area contributed by atoms with E-state index in [-0.39, 0.29) is 36.3 Å². The standard InChI is InChI=1S/C29H24F4N4O5/c30-24-7-3-4-18(34-24)14-25(39)36-28(12-13-28)27(41)35-21-15-23(38)20-5-1-2-6-22(20)37(26(21)40)16-17-8-10-19(11-9-17)42-29(31,32)33/h1-11,21H,12-16H2,(H,35,41)(H,36,39)/t21-/m1/s1.